The summed E-state index contributed by atoms with van der Waals surface area (Å²) in [5, 5.41) is 4.16. The molecule has 0 bridgehead atoms. The number of aryl methyl sites for hydroxylation is 2. The van der Waals surface area contributed by atoms with Crippen molar-refractivity contribution in [1.29, 1.82) is 0 Å². The van der Waals surface area contributed by atoms with Gasteiger partial charge in [0.1, 0.15) is 17.1 Å². The third-order valence-electron chi connectivity index (χ3n) is 5.96. The normalized spacial score (nSPS) is 17.7. The summed E-state index contributed by atoms with van der Waals surface area (Å²) in [5.41, 5.74) is 4.07. The maximum atomic E-state index is 12.5. The molecule has 2 aliphatic rings. The maximum absolute atomic E-state index is 12.5. The summed E-state index contributed by atoms with van der Waals surface area (Å²) in [6.45, 7) is 9.39. The smallest absolute Gasteiger partial charge is 0.244 e. The van der Waals surface area contributed by atoms with Crippen LogP contribution >= 0.6 is 0 Å². The molecule has 0 radical (unpaired) electrons. The van der Waals surface area contributed by atoms with Crippen LogP contribution in [0.2, 0.25) is 0 Å². The SMILES string of the molecule is CCOc1cc2oc3c(c2cc1/C(C)=C/C(=O)NCCN1CCOCC1)CCCC3. The number of rotatable bonds is 7. The summed E-state index contributed by atoms with van der Waals surface area (Å²) < 4.78 is 17.4. The van der Waals surface area contributed by atoms with Crippen LogP contribution < -0.4 is 10.1 Å². The fourth-order valence-electron chi connectivity index (χ4n) is 4.36. The largest absolute Gasteiger partial charge is 0.493 e. The van der Waals surface area contributed by atoms with Crippen molar-refractivity contribution in [3.63, 3.8) is 0 Å². The van der Waals surface area contributed by atoms with Crippen LogP contribution in [0.4, 0.5) is 0 Å². The molecule has 1 amide bonds. The first-order chi connectivity index (χ1) is 14.7. The Hall–Kier alpha value is -2.31. The molecule has 1 fully saturated rings. The summed E-state index contributed by atoms with van der Waals surface area (Å²) in [6, 6.07) is 4.13. The standard InChI is InChI=1S/C24H32N2O4/c1-3-29-22-16-23-20(18-6-4-5-7-21(18)30-23)15-19(22)17(2)14-24(27)25-8-9-26-10-12-28-13-11-26/h14-16H,3-13H2,1-2H3,(H,25,27)/b17-14+. The van der Waals surface area contributed by atoms with Crippen LogP contribution in [-0.2, 0) is 22.4 Å². The van der Waals surface area contributed by atoms with E-state index in [9.17, 15) is 4.79 Å². The number of carbonyl (C=O) groups is 1. The first-order valence-electron chi connectivity index (χ1n) is 11.1. The fourth-order valence-corrected chi connectivity index (χ4v) is 4.36. The van der Waals surface area contributed by atoms with Crippen LogP contribution in [0.1, 0.15) is 43.6 Å². The Kier molecular flexibility index (Phi) is 6.75. The molecule has 2 aromatic rings. The highest BCUT2D eigenvalue weighted by molar-refractivity contribution is 5.97. The lowest BCUT2D eigenvalue weighted by Gasteiger charge is -2.26. The van der Waals surface area contributed by atoms with Crippen molar-refractivity contribution in [3.8, 4) is 5.75 Å². The van der Waals surface area contributed by atoms with Gasteiger partial charge in [-0.15, -0.1) is 0 Å². The van der Waals surface area contributed by atoms with Crippen LogP contribution in [0.5, 0.6) is 5.75 Å². The van der Waals surface area contributed by atoms with Crippen molar-refractivity contribution in [2.75, 3.05) is 46.0 Å². The highest BCUT2D eigenvalue weighted by Crippen LogP contribution is 2.38. The average Bonchev–Trinajstić information content (AvgIpc) is 3.11. The van der Waals surface area contributed by atoms with Gasteiger partial charge in [0.2, 0.25) is 5.91 Å². The highest BCUT2D eigenvalue weighted by Gasteiger charge is 2.20. The molecule has 1 aliphatic carbocycles. The van der Waals surface area contributed by atoms with Gasteiger partial charge in [0, 0.05) is 61.3 Å². The summed E-state index contributed by atoms with van der Waals surface area (Å²) in [4.78, 5) is 14.8. The fraction of sp³-hybridized carbons (Fsp3) is 0.542. The van der Waals surface area contributed by atoms with Gasteiger partial charge in [0.25, 0.3) is 0 Å². The number of nitrogens with one attached hydrogen (secondary N) is 1. The number of nitrogens with zero attached hydrogens (tertiary/aromatic N) is 1. The number of benzene rings is 1. The molecule has 6 heteroatoms. The first-order valence-corrected chi connectivity index (χ1v) is 11.1. The van der Waals surface area contributed by atoms with Crippen molar-refractivity contribution < 1.29 is 18.7 Å². The van der Waals surface area contributed by atoms with Crippen LogP contribution in [0, 0.1) is 0 Å². The molecule has 4 rings (SSSR count). The average molecular weight is 413 g/mol. The number of allylic oxidation sites excluding steroid dienone is 1. The Bertz CT molecular complexity index is 925. The summed E-state index contributed by atoms with van der Waals surface area (Å²) in [7, 11) is 0. The van der Waals surface area contributed by atoms with Crippen molar-refractivity contribution in [2.24, 2.45) is 0 Å². The molecule has 6 nitrogen and oxygen atoms in total. The minimum absolute atomic E-state index is 0.0717. The van der Waals surface area contributed by atoms with E-state index in [0.29, 0.717) is 13.2 Å². The molecule has 0 saturated carbocycles. The highest BCUT2D eigenvalue weighted by atomic mass is 16.5. The van der Waals surface area contributed by atoms with Gasteiger partial charge < -0.3 is 19.2 Å². The van der Waals surface area contributed by atoms with Crippen LogP contribution in [-0.4, -0.2) is 56.8 Å². The Labute approximate surface area is 178 Å². The minimum Gasteiger partial charge on any atom is -0.493 e. The second kappa shape index (κ2) is 9.67. The Balaban J connectivity index is 1.50. The second-order valence-electron chi connectivity index (χ2n) is 8.06. The van der Waals surface area contributed by atoms with E-state index in [2.05, 4.69) is 16.3 Å². The van der Waals surface area contributed by atoms with Gasteiger partial charge in [-0.3, -0.25) is 9.69 Å². The third-order valence-corrected chi connectivity index (χ3v) is 5.96. The van der Waals surface area contributed by atoms with E-state index in [1.807, 2.05) is 19.9 Å². The molecular formula is C24H32N2O4. The molecule has 1 N–H and O–H groups in total. The van der Waals surface area contributed by atoms with Crippen molar-refractivity contribution in [3.05, 3.63) is 35.1 Å². The second-order valence-corrected chi connectivity index (χ2v) is 8.06. The number of ether oxygens (including phenoxy) is 2. The van der Waals surface area contributed by atoms with Crippen molar-refractivity contribution in [1.82, 2.24) is 10.2 Å². The Morgan fingerprint density at radius 2 is 2.03 bits per heavy atom. The molecular weight excluding hydrogens is 380 g/mol. The molecule has 0 spiro atoms. The summed E-state index contributed by atoms with van der Waals surface area (Å²) in [5.74, 6) is 1.81. The Morgan fingerprint density at radius 1 is 1.23 bits per heavy atom. The topological polar surface area (TPSA) is 63.9 Å². The van der Waals surface area contributed by atoms with Gasteiger partial charge in [0.05, 0.1) is 19.8 Å². The van der Waals surface area contributed by atoms with Crippen molar-refractivity contribution >= 4 is 22.4 Å². The predicted molar refractivity (Wildman–Crippen MR) is 118 cm³/mol. The zero-order chi connectivity index (χ0) is 20.9. The zero-order valence-electron chi connectivity index (χ0n) is 18.1. The molecule has 30 heavy (non-hydrogen) atoms. The van der Waals surface area contributed by atoms with Crippen LogP contribution in [0.3, 0.4) is 0 Å². The first kappa shape index (κ1) is 20.9. The van der Waals surface area contributed by atoms with Gasteiger partial charge in [0.15, 0.2) is 0 Å². The van der Waals surface area contributed by atoms with Crippen molar-refractivity contribution in [2.45, 2.75) is 39.5 Å². The summed E-state index contributed by atoms with van der Waals surface area (Å²) >= 11 is 0. The van der Waals surface area contributed by atoms with E-state index in [0.717, 1.165) is 79.3 Å². The molecule has 1 aromatic carbocycles. The number of carbonyl (C=O) groups excluding carboxylic acids is 1. The van der Waals surface area contributed by atoms with E-state index in [-0.39, 0.29) is 5.91 Å². The molecule has 0 atom stereocenters. The molecule has 0 unspecified atom stereocenters. The lowest BCUT2D eigenvalue weighted by molar-refractivity contribution is -0.116. The maximum Gasteiger partial charge on any atom is 0.244 e. The summed E-state index contributed by atoms with van der Waals surface area (Å²) in [6.07, 6.45) is 6.12. The minimum atomic E-state index is -0.0717. The third kappa shape index (κ3) is 4.71. The molecule has 1 aliphatic heterocycles. The van der Waals surface area contributed by atoms with Gasteiger partial charge in [-0.25, -0.2) is 0 Å². The number of hydrogen-bond acceptors (Lipinski definition) is 5. The monoisotopic (exact) mass is 412 g/mol. The molecule has 162 valence electrons. The van der Waals surface area contributed by atoms with Gasteiger partial charge in [-0.05, 0) is 44.7 Å². The number of hydrogen-bond donors (Lipinski definition) is 1. The van der Waals surface area contributed by atoms with Gasteiger partial charge in [-0.2, -0.15) is 0 Å². The van der Waals surface area contributed by atoms with Crippen LogP contribution in [0.15, 0.2) is 22.6 Å². The molecule has 2 heterocycles. The molecule has 1 saturated heterocycles. The van der Waals surface area contributed by atoms with E-state index < -0.39 is 0 Å². The number of fused-ring (bicyclic) bond motifs is 3. The van der Waals surface area contributed by atoms with E-state index >= 15 is 0 Å². The lowest BCUT2D eigenvalue weighted by atomic mass is 9.94. The van der Waals surface area contributed by atoms with E-state index in [1.54, 1.807) is 6.08 Å². The van der Waals surface area contributed by atoms with E-state index in [1.165, 1.54) is 18.4 Å². The van der Waals surface area contributed by atoms with Gasteiger partial charge >= 0.3 is 0 Å². The predicted octanol–water partition coefficient (Wildman–Crippen LogP) is 3.56. The van der Waals surface area contributed by atoms with E-state index in [4.69, 9.17) is 13.9 Å². The van der Waals surface area contributed by atoms with Crippen LogP contribution in [0.25, 0.3) is 16.5 Å². The number of amides is 1. The zero-order valence-corrected chi connectivity index (χ0v) is 18.1. The Morgan fingerprint density at radius 3 is 2.83 bits per heavy atom. The quantitative estimate of drug-likeness (QED) is 0.705. The lowest BCUT2D eigenvalue weighted by Crippen LogP contribution is -2.41. The molecule has 1 aromatic heterocycles. The van der Waals surface area contributed by atoms with Gasteiger partial charge in [-0.1, -0.05) is 0 Å². The number of furan rings is 1. The number of morpholine rings is 1.